The number of hydrogen-bond donors (Lipinski definition) is 0. The Kier molecular flexibility index (Phi) is 2.63. The lowest BCUT2D eigenvalue weighted by atomic mass is 10.3. The molecule has 0 N–H and O–H groups in total. The summed E-state index contributed by atoms with van der Waals surface area (Å²) in [4.78, 5) is 4.26. The second kappa shape index (κ2) is 3.92. The molecule has 0 radical (unpaired) electrons. The molecular weight excluding hydrogens is 194 g/mol. The van der Waals surface area contributed by atoms with Gasteiger partial charge in [0, 0.05) is 17.3 Å². The normalized spacial score (nSPS) is 10.7. The predicted octanol–water partition coefficient (Wildman–Crippen LogP) is 2.45. The first kappa shape index (κ1) is 9.40. The Bertz CT molecular complexity index is 403. The first-order chi connectivity index (χ1) is 6.85. The summed E-state index contributed by atoms with van der Waals surface area (Å²) in [5, 5.41) is 7.44. The minimum atomic E-state index is 0.960. The van der Waals surface area contributed by atoms with Crippen LogP contribution in [0.1, 0.15) is 25.2 Å². The van der Waals surface area contributed by atoms with Gasteiger partial charge in [-0.3, -0.25) is 0 Å². The standard InChI is InChI=1S/C10H13N3S/c1-3-8-7-9(4-2)13(12-8)10-11-5-6-14-10/h5-7H,3-4H2,1-2H3. The molecule has 0 amide bonds. The fourth-order valence-corrected chi connectivity index (χ4v) is 2.01. The molecule has 0 atom stereocenters. The monoisotopic (exact) mass is 207 g/mol. The van der Waals surface area contributed by atoms with Crippen molar-refractivity contribution in [3.05, 3.63) is 29.0 Å². The summed E-state index contributed by atoms with van der Waals surface area (Å²) in [6.45, 7) is 4.26. The van der Waals surface area contributed by atoms with Crippen molar-refractivity contribution in [3.8, 4) is 5.13 Å². The molecule has 0 spiro atoms. The zero-order chi connectivity index (χ0) is 9.97. The first-order valence-electron chi connectivity index (χ1n) is 4.82. The lowest BCUT2D eigenvalue weighted by Gasteiger charge is -1.99. The van der Waals surface area contributed by atoms with Gasteiger partial charge in [0.2, 0.25) is 5.13 Å². The highest BCUT2D eigenvalue weighted by atomic mass is 32.1. The maximum absolute atomic E-state index is 4.51. The smallest absolute Gasteiger partial charge is 0.210 e. The van der Waals surface area contributed by atoms with Crippen molar-refractivity contribution in [1.82, 2.24) is 14.8 Å². The Morgan fingerprint density at radius 1 is 1.36 bits per heavy atom. The largest absolute Gasteiger partial charge is 0.227 e. The third kappa shape index (κ3) is 1.57. The van der Waals surface area contributed by atoms with E-state index in [1.807, 2.05) is 16.3 Å². The molecule has 0 aliphatic rings. The van der Waals surface area contributed by atoms with Crippen LogP contribution in [0.25, 0.3) is 5.13 Å². The van der Waals surface area contributed by atoms with E-state index in [0.29, 0.717) is 0 Å². The molecule has 0 aliphatic carbocycles. The third-order valence-corrected chi connectivity index (χ3v) is 2.91. The molecule has 0 fully saturated rings. The van der Waals surface area contributed by atoms with Gasteiger partial charge in [0.15, 0.2) is 0 Å². The van der Waals surface area contributed by atoms with Crippen molar-refractivity contribution < 1.29 is 0 Å². The van der Waals surface area contributed by atoms with Crippen LogP contribution in [0.4, 0.5) is 0 Å². The SMILES string of the molecule is CCc1cc(CC)n(-c2nccs2)n1. The Morgan fingerprint density at radius 3 is 2.79 bits per heavy atom. The molecule has 0 saturated carbocycles. The van der Waals surface area contributed by atoms with Gasteiger partial charge in [0.1, 0.15) is 0 Å². The van der Waals surface area contributed by atoms with Gasteiger partial charge in [0.05, 0.1) is 5.69 Å². The van der Waals surface area contributed by atoms with Crippen molar-refractivity contribution in [2.45, 2.75) is 26.7 Å². The Hall–Kier alpha value is -1.16. The van der Waals surface area contributed by atoms with Crippen LogP contribution in [0.3, 0.4) is 0 Å². The molecule has 3 nitrogen and oxygen atoms in total. The van der Waals surface area contributed by atoms with E-state index in [-0.39, 0.29) is 0 Å². The van der Waals surface area contributed by atoms with E-state index < -0.39 is 0 Å². The van der Waals surface area contributed by atoms with E-state index >= 15 is 0 Å². The molecule has 4 heteroatoms. The van der Waals surface area contributed by atoms with Crippen LogP contribution in [0.5, 0.6) is 0 Å². The average molecular weight is 207 g/mol. The van der Waals surface area contributed by atoms with Crippen molar-refractivity contribution in [2.24, 2.45) is 0 Å². The number of aryl methyl sites for hydroxylation is 2. The summed E-state index contributed by atoms with van der Waals surface area (Å²) in [6, 6.07) is 2.15. The number of aromatic nitrogens is 3. The van der Waals surface area contributed by atoms with Gasteiger partial charge in [-0.15, -0.1) is 11.3 Å². The van der Waals surface area contributed by atoms with Crippen molar-refractivity contribution >= 4 is 11.3 Å². The van der Waals surface area contributed by atoms with E-state index in [1.54, 1.807) is 11.3 Å². The highest BCUT2D eigenvalue weighted by molar-refractivity contribution is 7.12. The van der Waals surface area contributed by atoms with Crippen LogP contribution < -0.4 is 0 Å². The zero-order valence-corrected chi connectivity index (χ0v) is 9.21. The van der Waals surface area contributed by atoms with Crippen LogP contribution in [0.2, 0.25) is 0 Å². The molecule has 0 aliphatic heterocycles. The van der Waals surface area contributed by atoms with E-state index in [2.05, 4.69) is 30.0 Å². The molecule has 0 saturated heterocycles. The summed E-state index contributed by atoms with van der Waals surface area (Å²) in [5.41, 5.74) is 2.37. The molecule has 0 bridgehead atoms. The number of hydrogen-bond acceptors (Lipinski definition) is 3. The van der Waals surface area contributed by atoms with Gasteiger partial charge in [-0.25, -0.2) is 9.67 Å². The van der Waals surface area contributed by atoms with Gasteiger partial charge in [-0.2, -0.15) is 5.10 Å². The van der Waals surface area contributed by atoms with E-state index in [4.69, 9.17) is 0 Å². The average Bonchev–Trinajstić information content (AvgIpc) is 2.85. The molecule has 14 heavy (non-hydrogen) atoms. The fraction of sp³-hybridized carbons (Fsp3) is 0.400. The lowest BCUT2D eigenvalue weighted by molar-refractivity contribution is 0.788. The highest BCUT2D eigenvalue weighted by Crippen LogP contribution is 2.15. The molecule has 2 heterocycles. The molecule has 2 rings (SSSR count). The molecule has 2 aromatic heterocycles. The van der Waals surface area contributed by atoms with E-state index in [1.165, 1.54) is 5.69 Å². The zero-order valence-electron chi connectivity index (χ0n) is 8.40. The van der Waals surface area contributed by atoms with Crippen LogP contribution in [0.15, 0.2) is 17.6 Å². The number of rotatable bonds is 3. The predicted molar refractivity (Wildman–Crippen MR) is 58.0 cm³/mol. The van der Waals surface area contributed by atoms with E-state index in [0.717, 1.165) is 23.7 Å². The van der Waals surface area contributed by atoms with Gasteiger partial charge in [0.25, 0.3) is 0 Å². The summed E-state index contributed by atoms with van der Waals surface area (Å²) in [6.07, 6.45) is 3.78. The van der Waals surface area contributed by atoms with Gasteiger partial charge in [-0.1, -0.05) is 13.8 Å². The summed E-state index contributed by atoms with van der Waals surface area (Å²) >= 11 is 1.62. The van der Waals surface area contributed by atoms with Crippen molar-refractivity contribution in [3.63, 3.8) is 0 Å². The molecule has 2 aromatic rings. The van der Waals surface area contributed by atoms with Crippen LogP contribution in [0, 0.1) is 0 Å². The maximum Gasteiger partial charge on any atom is 0.210 e. The molecular formula is C10H13N3S. The maximum atomic E-state index is 4.51. The van der Waals surface area contributed by atoms with Gasteiger partial charge < -0.3 is 0 Å². The molecule has 74 valence electrons. The quantitative estimate of drug-likeness (QED) is 0.774. The van der Waals surface area contributed by atoms with Crippen molar-refractivity contribution in [1.29, 1.82) is 0 Å². The summed E-state index contributed by atoms with van der Waals surface area (Å²) in [5.74, 6) is 0. The van der Waals surface area contributed by atoms with Crippen molar-refractivity contribution in [2.75, 3.05) is 0 Å². The fourth-order valence-electron chi connectivity index (χ4n) is 1.39. The highest BCUT2D eigenvalue weighted by Gasteiger charge is 2.08. The summed E-state index contributed by atoms with van der Waals surface area (Å²) < 4.78 is 1.95. The Labute approximate surface area is 87.4 Å². The first-order valence-corrected chi connectivity index (χ1v) is 5.70. The second-order valence-electron chi connectivity index (χ2n) is 3.06. The van der Waals surface area contributed by atoms with Gasteiger partial charge in [-0.05, 0) is 18.9 Å². The molecule has 0 unspecified atom stereocenters. The minimum Gasteiger partial charge on any atom is -0.227 e. The van der Waals surface area contributed by atoms with Crippen LogP contribution in [-0.2, 0) is 12.8 Å². The lowest BCUT2D eigenvalue weighted by Crippen LogP contribution is -2.00. The molecule has 0 aromatic carbocycles. The Balaban J connectivity index is 2.46. The Morgan fingerprint density at radius 2 is 2.21 bits per heavy atom. The number of thiazole rings is 1. The second-order valence-corrected chi connectivity index (χ2v) is 3.93. The minimum absolute atomic E-state index is 0.960. The van der Waals surface area contributed by atoms with Gasteiger partial charge >= 0.3 is 0 Å². The van der Waals surface area contributed by atoms with Crippen LogP contribution >= 0.6 is 11.3 Å². The summed E-state index contributed by atoms with van der Waals surface area (Å²) in [7, 11) is 0. The van der Waals surface area contributed by atoms with E-state index in [9.17, 15) is 0 Å². The third-order valence-electron chi connectivity index (χ3n) is 2.16. The number of nitrogens with zero attached hydrogens (tertiary/aromatic N) is 3. The van der Waals surface area contributed by atoms with Crippen LogP contribution in [-0.4, -0.2) is 14.8 Å². The topological polar surface area (TPSA) is 30.7 Å².